The number of nitrogens with one attached hydrogen (secondary N) is 2. The predicted molar refractivity (Wildman–Crippen MR) is 66.5 cm³/mol. The molecule has 98 valence electrons. The van der Waals surface area contributed by atoms with Gasteiger partial charge in [-0.05, 0) is 31.2 Å². The highest BCUT2D eigenvalue weighted by molar-refractivity contribution is 8.00. The largest absolute Gasteiger partial charge is 0.351 e. The molecule has 3 nitrogen and oxygen atoms in total. The highest BCUT2D eigenvalue weighted by Crippen LogP contribution is 2.20. The van der Waals surface area contributed by atoms with Gasteiger partial charge in [0.25, 0.3) is 0 Å². The fourth-order valence-corrected chi connectivity index (χ4v) is 2.49. The number of halogens is 2. The second-order valence-electron chi connectivity index (χ2n) is 4.12. The average Bonchev–Trinajstić information content (AvgIpc) is 2.83. The van der Waals surface area contributed by atoms with Crippen LogP contribution >= 0.6 is 11.8 Å². The number of rotatable bonds is 4. The highest BCUT2D eigenvalue weighted by Gasteiger charge is 2.16. The lowest BCUT2D eigenvalue weighted by atomic mass is 10.3. The van der Waals surface area contributed by atoms with Gasteiger partial charge in [-0.3, -0.25) is 4.79 Å². The van der Waals surface area contributed by atoms with E-state index >= 15 is 0 Å². The van der Waals surface area contributed by atoms with Gasteiger partial charge in [0.1, 0.15) is 0 Å². The molecule has 0 spiro atoms. The lowest BCUT2D eigenvalue weighted by molar-refractivity contribution is -0.119. The quantitative estimate of drug-likeness (QED) is 0.817. The van der Waals surface area contributed by atoms with E-state index in [1.54, 1.807) is 0 Å². The minimum absolute atomic E-state index is 0.0848. The first-order valence-electron chi connectivity index (χ1n) is 5.73. The molecule has 1 atom stereocenters. The molecule has 1 unspecified atom stereocenters. The van der Waals surface area contributed by atoms with Crippen molar-refractivity contribution in [3.05, 3.63) is 29.8 Å². The van der Waals surface area contributed by atoms with Crippen LogP contribution in [0.15, 0.2) is 23.1 Å². The molecule has 1 saturated heterocycles. The topological polar surface area (TPSA) is 41.1 Å². The van der Waals surface area contributed by atoms with Crippen molar-refractivity contribution in [3.63, 3.8) is 0 Å². The number of hydrogen-bond donors (Lipinski definition) is 2. The van der Waals surface area contributed by atoms with E-state index in [1.165, 1.54) is 17.8 Å². The molecule has 0 aromatic heterocycles. The van der Waals surface area contributed by atoms with Crippen LogP contribution in [0.3, 0.4) is 0 Å². The van der Waals surface area contributed by atoms with Crippen LogP contribution in [0.2, 0.25) is 0 Å². The Labute approximate surface area is 108 Å². The molecule has 2 rings (SSSR count). The Bertz CT molecular complexity index is 436. The van der Waals surface area contributed by atoms with Gasteiger partial charge >= 0.3 is 0 Å². The summed E-state index contributed by atoms with van der Waals surface area (Å²) in [5.41, 5.74) is 0. The molecular formula is C12H14F2N2OS. The molecule has 1 amide bonds. The molecule has 18 heavy (non-hydrogen) atoms. The molecule has 1 aromatic rings. The zero-order chi connectivity index (χ0) is 13.0. The van der Waals surface area contributed by atoms with E-state index in [2.05, 4.69) is 10.6 Å². The molecule has 0 aliphatic carbocycles. The van der Waals surface area contributed by atoms with E-state index in [9.17, 15) is 13.6 Å². The van der Waals surface area contributed by atoms with E-state index in [0.29, 0.717) is 4.90 Å². The molecule has 1 aromatic carbocycles. The molecule has 2 N–H and O–H groups in total. The first-order valence-corrected chi connectivity index (χ1v) is 6.71. The first-order chi connectivity index (χ1) is 8.65. The maximum atomic E-state index is 12.9. The second kappa shape index (κ2) is 6.15. The molecular weight excluding hydrogens is 258 g/mol. The van der Waals surface area contributed by atoms with Gasteiger partial charge in [-0.1, -0.05) is 0 Å². The van der Waals surface area contributed by atoms with Crippen LogP contribution in [0.4, 0.5) is 8.78 Å². The summed E-state index contributed by atoms with van der Waals surface area (Å²) in [5, 5.41) is 6.04. The smallest absolute Gasteiger partial charge is 0.230 e. The molecule has 0 saturated carbocycles. The average molecular weight is 272 g/mol. The van der Waals surface area contributed by atoms with E-state index in [0.717, 1.165) is 31.6 Å². The van der Waals surface area contributed by atoms with Crippen LogP contribution in [-0.4, -0.2) is 30.8 Å². The van der Waals surface area contributed by atoms with Gasteiger partial charge in [-0.15, -0.1) is 11.8 Å². The fraction of sp³-hybridized carbons (Fsp3) is 0.417. The third-order valence-electron chi connectivity index (χ3n) is 2.69. The second-order valence-corrected chi connectivity index (χ2v) is 5.17. The summed E-state index contributed by atoms with van der Waals surface area (Å²) < 4.78 is 25.6. The minimum atomic E-state index is -0.889. The van der Waals surface area contributed by atoms with E-state index in [-0.39, 0.29) is 17.7 Å². The van der Waals surface area contributed by atoms with Crippen molar-refractivity contribution in [2.45, 2.75) is 17.4 Å². The first kappa shape index (κ1) is 13.3. The van der Waals surface area contributed by atoms with Gasteiger partial charge in [-0.25, -0.2) is 8.78 Å². The summed E-state index contributed by atoms with van der Waals surface area (Å²) >= 11 is 1.20. The minimum Gasteiger partial charge on any atom is -0.351 e. The SMILES string of the molecule is O=C(CSc1ccc(F)c(F)c1)NC1CCNC1. The summed E-state index contributed by atoms with van der Waals surface area (Å²) in [6, 6.07) is 3.82. The summed E-state index contributed by atoms with van der Waals surface area (Å²) in [5.74, 6) is -1.64. The summed E-state index contributed by atoms with van der Waals surface area (Å²) in [7, 11) is 0. The Kier molecular flexibility index (Phi) is 4.54. The van der Waals surface area contributed by atoms with E-state index < -0.39 is 11.6 Å². The highest BCUT2D eigenvalue weighted by atomic mass is 32.2. The lowest BCUT2D eigenvalue weighted by Gasteiger charge is -2.10. The Hall–Kier alpha value is -1.14. The zero-order valence-corrected chi connectivity index (χ0v) is 10.5. The number of carbonyl (C=O) groups is 1. The van der Waals surface area contributed by atoms with Crippen LogP contribution in [0.1, 0.15) is 6.42 Å². The number of amides is 1. The normalized spacial score (nSPS) is 18.9. The summed E-state index contributed by atoms with van der Waals surface area (Å²) in [6.45, 7) is 1.71. The summed E-state index contributed by atoms with van der Waals surface area (Å²) in [4.78, 5) is 12.1. The molecule has 0 radical (unpaired) electrons. The van der Waals surface area contributed by atoms with Gasteiger partial charge in [0.15, 0.2) is 11.6 Å². The van der Waals surface area contributed by atoms with Gasteiger partial charge in [0.2, 0.25) is 5.91 Å². The molecule has 6 heteroatoms. The molecule has 1 aliphatic rings. The third kappa shape index (κ3) is 3.68. The van der Waals surface area contributed by atoms with Crippen molar-refractivity contribution in [1.82, 2.24) is 10.6 Å². The third-order valence-corrected chi connectivity index (χ3v) is 3.68. The Balaban J connectivity index is 1.79. The number of benzene rings is 1. The van der Waals surface area contributed by atoms with Crippen molar-refractivity contribution in [2.24, 2.45) is 0 Å². The Morgan fingerprint density at radius 2 is 2.28 bits per heavy atom. The predicted octanol–water partition coefficient (Wildman–Crippen LogP) is 1.53. The number of carbonyl (C=O) groups excluding carboxylic acids is 1. The maximum Gasteiger partial charge on any atom is 0.230 e. The molecule has 0 bridgehead atoms. The molecule has 1 fully saturated rings. The molecule has 1 aliphatic heterocycles. The van der Waals surface area contributed by atoms with Crippen LogP contribution in [0, 0.1) is 11.6 Å². The zero-order valence-electron chi connectivity index (χ0n) is 9.71. The van der Waals surface area contributed by atoms with Crippen molar-refractivity contribution < 1.29 is 13.6 Å². The van der Waals surface area contributed by atoms with Crippen molar-refractivity contribution >= 4 is 17.7 Å². The monoisotopic (exact) mass is 272 g/mol. The van der Waals surface area contributed by atoms with E-state index in [4.69, 9.17) is 0 Å². The fourth-order valence-electron chi connectivity index (χ4n) is 1.76. The summed E-state index contributed by atoms with van der Waals surface area (Å²) in [6.07, 6.45) is 0.932. The lowest BCUT2D eigenvalue weighted by Crippen LogP contribution is -2.37. The maximum absolute atomic E-state index is 12.9. The van der Waals surface area contributed by atoms with Gasteiger partial charge < -0.3 is 10.6 Å². The van der Waals surface area contributed by atoms with E-state index in [1.807, 2.05) is 0 Å². The van der Waals surface area contributed by atoms with Gasteiger partial charge in [0, 0.05) is 17.5 Å². The van der Waals surface area contributed by atoms with Crippen molar-refractivity contribution in [2.75, 3.05) is 18.8 Å². The number of thioether (sulfide) groups is 1. The van der Waals surface area contributed by atoms with Crippen molar-refractivity contribution in [1.29, 1.82) is 0 Å². The van der Waals surface area contributed by atoms with Crippen LogP contribution < -0.4 is 10.6 Å². The molecule has 1 heterocycles. The van der Waals surface area contributed by atoms with Crippen LogP contribution in [0.5, 0.6) is 0 Å². The van der Waals surface area contributed by atoms with Gasteiger partial charge in [-0.2, -0.15) is 0 Å². The van der Waals surface area contributed by atoms with Crippen LogP contribution in [0.25, 0.3) is 0 Å². The Morgan fingerprint density at radius 3 is 2.94 bits per heavy atom. The van der Waals surface area contributed by atoms with Gasteiger partial charge in [0.05, 0.1) is 5.75 Å². The standard InChI is InChI=1S/C12H14F2N2OS/c13-10-2-1-9(5-11(10)14)18-7-12(17)16-8-3-4-15-6-8/h1-2,5,8,15H,3-4,6-7H2,(H,16,17). The van der Waals surface area contributed by atoms with Crippen LogP contribution in [-0.2, 0) is 4.79 Å². The number of hydrogen-bond acceptors (Lipinski definition) is 3. The van der Waals surface area contributed by atoms with Crippen molar-refractivity contribution in [3.8, 4) is 0 Å². The Morgan fingerprint density at radius 1 is 1.44 bits per heavy atom.